The number of quaternary nitrogens is 1. The largest absolute Gasteiger partial charge is 0.352 e. The van der Waals surface area contributed by atoms with Crippen LogP contribution in [0.4, 0.5) is 0 Å². The van der Waals surface area contributed by atoms with Crippen LogP contribution < -0.4 is 10.2 Å². The Morgan fingerprint density at radius 1 is 1.07 bits per heavy atom. The highest BCUT2D eigenvalue weighted by Gasteiger charge is 2.23. The molecule has 2 aromatic carbocycles. The van der Waals surface area contributed by atoms with Gasteiger partial charge in [-0.15, -0.1) is 5.10 Å². The maximum Gasteiger partial charge on any atom is 0.230 e. The van der Waals surface area contributed by atoms with Crippen molar-refractivity contribution in [3.05, 3.63) is 66.2 Å². The molecule has 0 atom stereocenters. The van der Waals surface area contributed by atoms with Crippen molar-refractivity contribution in [3.63, 3.8) is 0 Å². The first-order valence-electron chi connectivity index (χ1n) is 9.91. The van der Waals surface area contributed by atoms with E-state index in [-0.39, 0.29) is 11.9 Å². The summed E-state index contributed by atoms with van der Waals surface area (Å²) in [4.78, 5) is 14.0. The van der Waals surface area contributed by atoms with E-state index in [2.05, 4.69) is 51.2 Å². The highest BCUT2D eigenvalue weighted by atomic mass is 32.2. The number of likely N-dealkylation sites (tertiary alicyclic amines) is 1. The minimum absolute atomic E-state index is 0.0362. The second-order valence-electron chi connectivity index (χ2n) is 7.25. The third kappa shape index (κ3) is 5.42. The van der Waals surface area contributed by atoms with Crippen LogP contribution in [0.1, 0.15) is 18.4 Å². The molecule has 7 nitrogen and oxygen atoms in total. The summed E-state index contributed by atoms with van der Waals surface area (Å²) in [7, 11) is 0. The van der Waals surface area contributed by atoms with Crippen LogP contribution in [0.2, 0.25) is 0 Å². The van der Waals surface area contributed by atoms with Gasteiger partial charge in [-0.3, -0.25) is 4.79 Å². The van der Waals surface area contributed by atoms with Crippen LogP contribution in [0.15, 0.2) is 65.8 Å². The molecule has 3 aromatic rings. The van der Waals surface area contributed by atoms with Crippen molar-refractivity contribution in [1.82, 2.24) is 25.5 Å². The van der Waals surface area contributed by atoms with Crippen molar-refractivity contribution < 1.29 is 9.69 Å². The Hall–Kier alpha value is -2.71. The van der Waals surface area contributed by atoms with Gasteiger partial charge in [-0.2, -0.15) is 4.68 Å². The molecule has 0 saturated carbocycles. The Kier molecular flexibility index (Phi) is 6.53. The zero-order chi connectivity index (χ0) is 19.9. The Morgan fingerprint density at radius 2 is 1.76 bits per heavy atom. The molecule has 0 radical (unpaired) electrons. The van der Waals surface area contributed by atoms with Crippen LogP contribution in [0.3, 0.4) is 0 Å². The summed E-state index contributed by atoms with van der Waals surface area (Å²) < 4.78 is 1.66. The van der Waals surface area contributed by atoms with Gasteiger partial charge in [-0.05, 0) is 22.6 Å². The lowest BCUT2D eigenvalue weighted by Crippen LogP contribution is -3.12. The van der Waals surface area contributed by atoms with E-state index in [0.717, 1.165) is 38.2 Å². The van der Waals surface area contributed by atoms with Crippen LogP contribution in [-0.2, 0) is 11.3 Å². The molecular formula is C21H25N6OS+. The van der Waals surface area contributed by atoms with Gasteiger partial charge in [-0.25, -0.2) is 0 Å². The number of nitrogens with zero attached hydrogens (tertiary/aromatic N) is 4. The summed E-state index contributed by atoms with van der Waals surface area (Å²) in [6.45, 7) is 3.22. The van der Waals surface area contributed by atoms with Crippen molar-refractivity contribution in [3.8, 4) is 5.69 Å². The summed E-state index contributed by atoms with van der Waals surface area (Å²) >= 11 is 1.36. The molecule has 1 fully saturated rings. The Labute approximate surface area is 174 Å². The van der Waals surface area contributed by atoms with Gasteiger partial charge in [0.25, 0.3) is 0 Å². The number of benzene rings is 2. The lowest BCUT2D eigenvalue weighted by molar-refractivity contribution is -0.918. The summed E-state index contributed by atoms with van der Waals surface area (Å²) in [5, 5.41) is 15.6. The maximum atomic E-state index is 12.4. The molecule has 1 aromatic heterocycles. The van der Waals surface area contributed by atoms with Gasteiger partial charge >= 0.3 is 0 Å². The molecule has 0 unspecified atom stereocenters. The number of amides is 1. The molecule has 1 aliphatic rings. The predicted molar refractivity (Wildman–Crippen MR) is 112 cm³/mol. The SMILES string of the molecule is O=C(CSc1nnnn1-c1ccccc1)NC1CC[NH+](Cc2ccccc2)CC1. The Morgan fingerprint density at radius 3 is 2.48 bits per heavy atom. The number of hydrogen-bond acceptors (Lipinski definition) is 5. The average Bonchev–Trinajstić information content (AvgIpc) is 3.24. The van der Waals surface area contributed by atoms with Crippen molar-refractivity contribution >= 4 is 17.7 Å². The van der Waals surface area contributed by atoms with Crippen molar-refractivity contribution in [1.29, 1.82) is 0 Å². The smallest absolute Gasteiger partial charge is 0.230 e. The first-order valence-corrected chi connectivity index (χ1v) is 10.9. The molecule has 1 amide bonds. The molecule has 1 saturated heterocycles. The number of aromatic nitrogens is 4. The molecular weight excluding hydrogens is 384 g/mol. The van der Waals surface area contributed by atoms with E-state index in [9.17, 15) is 4.79 Å². The van der Waals surface area contributed by atoms with Crippen LogP contribution in [0.25, 0.3) is 5.69 Å². The molecule has 0 spiro atoms. The summed E-state index contributed by atoms with van der Waals surface area (Å²) in [5.41, 5.74) is 2.26. The fourth-order valence-electron chi connectivity index (χ4n) is 3.63. The van der Waals surface area contributed by atoms with Gasteiger partial charge in [0, 0.05) is 24.4 Å². The fourth-order valence-corrected chi connectivity index (χ4v) is 4.33. The van der Waals surface area contributed by atoms with Crippen LogP contribution in [0.5, 0.6) is 0 Å². The van der Waals surface area contributed by atoms with Crippen molar-refractivity contribution in [2.75, 3.05) is 18.8 Å². The molecule has 0 aliphatic carbocycles. The number of thioether (sulfide) groups is 1. The van der Waals surface area contributed by atoms with E-state index in [1.165, 1.54) is 17.3 Å². The van der Waals surface area contributed by atoms with E-state index >= 15 is 0 Å². The first kappa shape index (κ1) is 19.6. The zero-order valence-corrected chi connectivity index (χ0v) is 17.0. The minimum Gasteiger partial charge on any atom is -0.352 e. The number of piperidine rings is 1. The highest BCUT2D eigenvalue weighted by molar-refractivity contribution is 7.99. The number of para-hydroxylation sites is 1. The molecule has 150 valence electrons. The molecule has 1 aliphatic heterocycles. The zero-order valence-electron chi connectivity index (χ0n) is 16.2. The lowest BCUT2D eigenvalue weighted by Gasteiger charge is -2.29. The molecule has 2 N–H and O–H groups in total. The van der Waals surface area contributed by atoms with Gasteiger partial charge < -0.3 is 10.2 Å². The second kappa shape index (κ2) is 9.67. The Bertz CT molecular complexity index is 909. The number of tetrazole rings is 1. The normalized spacial score (nSPS) is 19.0. The minimum atomic E-state index is 0.0362. The number of rotatable bonds is 7. The monoisotopic (exact) mass is 409 g/mol. The quantitative estimate of drug-likeness (QED) is 0.572. The second-order valence-corrected chi connectivity index (χ2v) is 8.19. The third-order valence-corrected chi connectivity index (χ3v) is 6.05. The predicted octanol–water partition coefficient (Wildman–Crippen LogP) is 1.12. The standard InChI is InChI=1S/C21H24N6OS/c28-20(16-29-21-23-24-25-27(21)19-9-5-2-6-10-19)22-18-11-13-26(14-12-18)15-17-7-3-1-4-8-17/h1-10,18H,11-16H2,(H,22,28)/p+1. The number of hydrogen-bond donors (Lipinski definition) is 2. The third-order valence-electron chi connectivity index (χ3n) is 5.13. The van der Waals surface area contributed by atoms with Gasteiger partial charge in [0.2, 0.25) is 11.1 Å². The molecule has 2 heterocycles. The number of carbonyl (C=O) groups is 1. The van der Waals surface area contributed by atoms with Gasteiger partial charge in [-0.1, -0.05) is 60.3 Å². The van der Waals surface area contributed by atoms with Crippen molar-refractivity contribution in [2.24, 2.45) is 0 Å². The van der Waals surface area contributed by atoms with Crippen LogP contribution in [-0.4, -0.2) is 51.0 Å². The van der Waals surface area contributed by atoms with E-state index < -0.39 is 0 Å². The first-order chi connectivity index (χ1) is 14.3. The molecule has 8 heteroatoms. The summed E-state index contributed by atoms with van der Waals surface area (Å²) in [6.07, 6.45) is 2.03. The maximum absolute atomic E-state index is 12.4. The topological polar surface area (TPSA) is 77.1 Å². The fraction of sp³-hybridized carbons (Fsp3) is 0.333. The van der Waals surface area contributed by atoms with E-state index in [4.69, 9.17) is 0 Å². The Balaban J connectivity index is 1.22. The van der Waals surface area contributed by atoms with Gasteiger partial charge in [0.05, 0.1) is 24.5 Å². The van der Waals surface area contributed by atoms with E-state index in [1.54, 1.807) is 9.58 Å². The lowest BCUT2D eigenvalue weighted by atomic mass is 10.0. The average molecular weight is 410 g/mol. The molecule has 0 bridgehead atoms. The van der Waals surface area contributed by atoms with E-state index in [1.807, 2.05) is 30.3 Å². The molecule has 29 heavy (non-hydrogen) atoms. The highest BCUT2D eigenvalue weighted by Crippen LogP contribution is 2.17. The summed E-state index contributed by atoms with van der Waals surface area (Å²) in [6, 6.07) is 20.5. The number of nitrogens with one attached hydrogen (secondary N) is 2. The van der Waals surface area contributed by atoms with Gasteiger partial charge in [0.1, 0.15) is 6.54 Å². The van der Waals surface area contributed by atoms with Crippen LogP contribution >= 0.6 is 11.8 Å². The van der Waals surface area contributed by atoms with Crippen molar-refractivity contribution in [2.45, 2.75) is 30.6 Å². The summed E-state index contributed by atoms with van der Waals surface area (Å²) in [5.74, 6) is 0.346. The number of carbonyl (C=O) groups excluding carboxylic acids is 1. The van der Waals surface area contributed by atoms with Gasteiger partial charge in [0.15, 0.2) is 0 Å². The van der Waals surface area contributed by atoms with E-state index in [0.29, 0.717) is 10.9 Å². The molecule has 4 rings (SSSR count). The van der Waals surface area contributed by atoms with Crippen LogP contribution in [0, 0.1) is 0 Å².